The fourth-order valence-corrected chi connectivity index (χ4v) is 1.48. The Kier molecular flexibility index (Phi) is 5.15. The first-order valence-electron chi connectivity index (χ1n) is 5.61. The minimum absolute atomic E-state index is 0.0558. The quantitative estimate of drug-likeness (QED) is 0.725. The van der Waals surface area contributed by atoms with Gasteiger partial charge in [0.15, 0.2) is 0 Å². The molecule has 1 aromatic heterocycles. The van der Waals surface area contributed by atoms with Crippen LogP contribution in [0.4, 0.5) is 10.6 Å². The molecule has 0 bridgehead atoms. The zero-order valence-corrected chi connectivity index (χ0v) is 11.1. The molecule has 0 spiro atoms. The van der Waals surface area contributed by atoms with E-state index in [1.165, 1.54) is 12.6 Å². The number of aromatic nitrogens is 2. The third kappa shape index (κ3) is 3.56. The van der Waals surface area contributed by atoms with Gasteiger partial charge in [-0.1, -0.05) is 20.3 Å². The topological polar surface area (TPSA) is 49.3 Å². The first kappa shape index (κ1) is 13.7. The Balaban J connectivity index is 0.000000437. The molecule has 0 radical (unpaired) electrons. The Morgan fingerprint density at radius 3 is 2.53 bits per heavy atom. The number of amides is 2. The van der Waals surface area contributed by atoms with Crippen molar-refractivity contribution in [3.05, 3.63) is 17.5 Å². The summed E-state index contributed by atoms with van der Waals surface area (Å²) in [5.74, 6) is 0.555. The lowest BCUT2D eigenvalue weighted by Crippen LogP contribution is -2.29. The minimum atomic E-state index is -0.0558. The highest BCUT2D eigenvalue weighted by Crippen LogP contribution is 2.17. The van der Waals surface area contributed by atoms with Gasteiger partial charge in [0.25, 0.3) is 0 Å². The van der Waals surface area contributed by atoms with E-state index in [9.17, 15) is 4.79 Å². The number of likely N-dealkylation sites (N-methyl/N-ethyl adjacent to an activating group) is 1. The zero-order valence-electron chi connectivity index (χ0n) is 10.4. The summed E-state index contributed by atoms with van der Waals surface area (Å²) < 4.78 is 0. The predicted octanol–water partition coefficient (Wildman–Crippen LogP) is 2.42. The van der Waals surface area contributed by atoms with Crippen LogP contribution in [0.2, 0.25) is 5.28 Å². The summed E-state index contributed by atoms with van der Waals surface area (Å²) in [4.78, 5) is 22.5. The van der Waals surface area contributed by atoms with E-state index in [2.05, 4.69) is 23.8 Å². The lowest BCUT2D eigenvalue weighted by atomic mass is 10.5. The number of halogens is 1. The third-order valence-electron chi connectivity index (χ3n) is 2.10. The normalized spacial score (nSPS) is 14.7. The Labute approximate surface area is 106 Å². The van der Waals surface area contributed by atoms with Crippen molar-refractivity contribution in [1.29, 1.82) is 0 Å². The highest BCUT2D eigenvalue weighted by Gasteiger charge is 2.27. The van der Waals surface area contributed by atoms with Gasteiger partial charge in [-0.3, -0.25) is 4.90 Å². The number of carbonyl (C=O) groups is 1. The van der Waals surface area contributed by atoms with Crippen LogP contribution in [0.1, 0.15) is 20.3 Å². The first-order chi connectivity index (χ1) is 8.10. The van der Waals surface area contributed by atoms with Crippen molar-refractivity contribution in [3.63, 3.8) is 0 Å². The molecule has 1 aliphatic rings. The van der Waals surface area contributed by atoms with Crippen molar-refractivity contribution >= 4 is 23.4 Å². The molecule has 0 N–H and O–H groups in total. The van der Waals surface area contributed by atoms with E-state index in [0.717, 1.165) is 0 Å². The zero-order chi connectivity index (χ0) is 12.8. The molecular formula is C11H17ClN4O. The molecular weight excluding hydrogens is 240 g/mol. The van der Waals surface area contributed by atoms with Gasteiger partial charge in [-0.15, -0.1) is 0 Å². The van der Waals surface area contributed by atoms with Crippen molar-refractivity contribution in [2.45, 2.75) is 20.3 Å². The van der Waals surface area contributed by atoms with Crippen LogP contribution in [-0.4, -0.2) is 41.0 Å². The van der Waals surface area contributed by atoms with Crippen LogP contribution in [0, 0.1) is 0 Å². The van der Waals surface area contributed by atoms with Crippen LogP contribution in [0.3, 0.4) is 0 Å². The molecule has 2 heterocycles. The van der Waals surface area contributed by atoms with Crippen LogP contribution in [0.5, 0.6) is 0 Å². The van der Waals surface area contributed by atoms with Crippen LogP contribution in [0.15, 0.2) is 12.3 Å². The van der Waals surface area contributed by atoms with Gasteiger partial charge in [0, 0.05) is 26.3 Å². The lowest BCUT2D eigenvalue weighted by molar-refractivity contribution is 0.229. The predicted molar refractivity (Wildman–Crippen MR) is 68.4 cm³/mol. The molecule has 6 heteroatoms. The van der Waals surface area contributed by atoms with Gasteiger partial charge in [-0.25, -0.2) is 14.8 Å². The molecule has 0 atom stereocenters. The molecule has 1 fully saturated rings. The van der Waals surface area contributed by atoms with E-state index in [0.29, 0.717) is 18.9 Å². The fourth-order valence-electron chi connectivity index (χ4n) is 1.34. The van der Waals surface area contributed by atoms with E-state index < -0.39 is 0 Å². The summed E-state index contributed by atoms with van der Waals surface area (Å²) in [5, 5.41) is 0.157. The summed E-state index contributed by atoms with van der Waals surface area (Å²) in [6.07, 6.45) is 2.79. The molecule has 1 saturated heterocycles. The Hall–Kier alpha value is -1.36. The van der Waals surface area contributed by atoms with Crippen molar-refractivity contribution in [2.24, 2.45) is 0 Å². The van der Waals surface area contributed by atoms with Gasteiger partial charge in [-0.2, -0.15) is 0 Å². The second-order valence-corrected chi connectivity index (χ2v) is 4.08. The lowest BCUT2D eigenvalue weighted by Gasteiger charge is -2.14. The monoisotopic (exact) mass is 256 g/mol. The summed E-state index contributed by atoms with van der Waals surface area (Å²) in [6.45, 7) is 5.60. The molecule has 17 heavy (non-hydrogen) atoms. The van der Waals surface area contributed by atoms with Crippen molar-refractivity contribution in [2.75, 3.05) is 25.0 Å². The largest absolute Gasteiger partial charge is 0.326 e. The number of urea groups is 1. The van der Waals surface area contributed by atoms with Crippen molar-refractivity contribution < 1.29 is 4.79 Å². The van der Waals surface area contributed by atoms with Crippen molar-refractivity contribution in [3.8, 4) is 0 Å². The summed E-state index contributed by atoms with van der Waals surface area (Å²) >= 11 is 5.63. The second-order valence-electron chi connectivity index (χ2n) is 3.75. The highest BCUT2D eigenvalue weighted by atomic mass is 35.5. The summed E-state index contributed by atoms with van der Waals surface area (Å²) in [6, 6.07) is 1.61. The first-order valence-corrected chi connectivity index (χ1v) is 5.99. The average molecular weight is 257 g/mol. The Morgan fingerprint density at radius 2 is 2.06 bits per heavy atom. The van der Waals surface area contributed by atoms with Crippen LogP contribution in [-0.2, 0) is 0 Å². The van der Waals surface area contributed by atoms with Gasteiger partial charge in [-0.05, 0) is 17.7 Å². The molecule has 0 aromatic carbocycles. The van der Waals surface area contributed by atoms with Crippen LogP contribution >= 0.6 is 11.6 Å². The van der Waals surface area contributed by atoms with E-state index in [-0.39, 0.29) is 11.3 Å². The van der Waals surface area contributed by atoms with Crippen molar-refractivity contribution in [1.82, 2.24) is 14.9 Å². The number of rotatable bonds is 1. The smallest absolute Gasteiger partial charge is 0.325 e. The molecule has 0 aliphatic carbocycles. The third-order valence-corrected chi connectivity index (χ3v) is 2.29. The number of anilines is 1. The number of carbonyl (C=O) groups excluding carboxylic acids is 1. The standard InChI is InChI=1S/C8H9ClN4O.C3H8/c1-12-4-5-13(8(12)14)6-2-3-10-7(9)11-6;1-3-2/h2-3H,4-5H2,1H3;3H2,1-2H3. The summed E-state index contributed by atoms with van der Waals surface area (Å²) in [5.41, 5.74) is 0. The highest BCUT2D eigenvalue weighted by molar-refractivity contribution is 6.28. The fraction of sp³-hybridized carbons (Fsp3) is 0.545. The van der Waals surface area contributed by atoms with E-state index >= 15 is 0 Å². The van der Waals surface area contributed by atoms with Gasteiger partial charge in [0.2, 0.25) is 5.28 Å². The van der Waals surface area contributed by atoms with E-state index in [4.69, 9.17) is 11.6 Å². The van der Waals surface area contributed by atoms with Crippen LogP contribution < -0.4 is 4.90 Å². The maximum atomic E-state index is 11.6. The minimum Gasteiger partial charge on any atom is -0.326 e. The van der Waals surface area contributed by atoms with E-state index in [1.54, 1.807) is 22.9 Å². The van der Waals surface area contributed by atoms with Gasteiger partial charge in [0.05, 0.1) is 0 Å². The maximum absolute atomic E-state index is 11.6. The molecule has 0 saturated carbocycles. The molecule has 1 aromatic rings. The van der Waals surface area contributed by atoms with Crippen LogP contribution in [0.25, 0.3) is 0 Å². The van der Waals surface area contributed by atoms with Gasteiger partial charge < -0.3 is 4.90 Å². The van der Waals surface area contributed by atoms with Gasteiger partial charge >= 0.3 is 6.03 Å². The molecule has 94 valence electrons. The number of hydrogen-bond donors (Lipinski definition) is 0. The van der Waals surface area contributed by atoms with E-state index in [1.807, 2.05) is 0 Å². The number of nitrogens with zero attached hydrogens (tertiary/aromatic N) is 4. The number of hydrogen-bond acceptors (Lipinski definition) is 3. The van der Waals surface area contributed by atoms with Gasteiger partial charge in [0.1, 0.15) is 5.82 Å². The molecule has 2 amide bonds. The second kappa shape index (κ2) is 6.39. The summed E-state index contributed by atoms with van der Waals surface area (Å²) in [7, 11) is 1.76. The Morgan fingerprint density at radius 1 is 1.41 bits per heavy atom. The molecule has 1 aliphatic heterocycles. The molecule has 5 nitrogen and oxygen atoms in total. The molecule has 0 unspecified atom stereocenters. The maximum Gasteiger partial charge on any atom is 0.325 e. The molecule has 2 rings (SSSR count). The SMILES string of the molecule is CCC.CN1CCN(c2ccnc(Cl)n2)C1=O. The average Bonchev–Trinajstić information content (AvgIpc) is 2.61. The Bertz CT molecular complexity index is 385.